The molecule has 69 valence electrons. The van der Waals surface area contributed by atoms with Crippen molar-refractivity contribution in [2.45, 2.75) is 32.7 Å². The summed E-state index contributed by atoms with van der Waals surface area (Å²) in [7, 11) is 0. The van der Waals surface area contributed by atoms with Crippen LogP contribution in [0.1, 0.15) is 26.7 Å². The predicted molar refractivity (Wildman–Crippen MR) is 44.5 cm³/mol. The van der Waals surface area contributed by atoms with E-state index in [2.05, 4.69) is 5.32 Å². The third-order valence-corrected chi connectivity index (χ3v) is 1.24. The van der Waals surface area contributed by atoms with Gasteiger partial charge in [-0.2, -0.15) is 0 Å². The van der Waals surface area contributed by atoms with Crippen molar-refractivity contribution in [2.75, 3.05) is 6.61 Å². The number of alkyl carbamates (subject to hydrolysis) is 1. The van der Waals surface area contributed by atoms with Gasteiger partial charge in [-0.3, -0.25) is 4.79 Å². The maximum Gasteiger partial charge on any atom is 0.407 e. The first kappa shape index (κ1) is 10.9. The third kappa shape index (κ3) is 5.70. The molecule has 1 N–H and O–H groups in total. The van der Waals surface area contributed by atoms with Crippen molar-refractivity contribution in [2.24, 2.45) is 0 Å². The van der Waals surface area contributed by atoms with Crippen molar-refractivity contribution in [1.82, 2.24) is 5.32 Å². The molecule has 0 aliphatic heterocycles. The highest BCUT2D eigenvalue weighted by molar-refractivity contribution is 5.72. The number of unbranched alkanes of at least 4 members (excludes halogenated alkanes) is 1. The van der Waals surface area contributed by atoms with Crippen LogP contribution in [0.25, 0.3) is 0 Å². The van der Waals surface area contributed by atoms with Gasteiger partial charge in [0.05, 0.1) is 12.6 Å². The summed E-state index contributed by atoms with van der Waals surface area (Å²) in [5.41, 5.74) is 0. The molecule has 0 aliphatic rings. The normalized spacial score (nSPS) is 11.8. The van der Waals surface area contributed by atoms with Crippen LogP contribution >= 0.6 is 0 Å². The molecule has 4 nitrogen and oxygen atoms in total. The van der Waals surface area contributed by atoms with Gasteiger partial charge in [-0.15, -0.1) is 0 Å². The third-order valence-electron chi connectivity index (χ3n) is 1.24. The van der Waals surface area contributed by atoms with Crippen LogP contribution in [0.5, 0.6) is 0 Å². The lowest BCUT2D eigenvalue weighted by Crippen LogP contribution is -2.34. The van der Waals surface area contributed by atoms with E-state index >= 15 is 0 Å². The molecular weight excluding hydrogens is 158 g/mol. The van der Waals surface area contributed by atoms with Crippen LogP contribution in [0.15, 0.2) is 0 Å². The van der Waals surface area contributed by atoms with E-state index in [1.165, 1.54) is 6.92 Å². The van der Waals surface area contributed by atoms with Crippen LogP contribution in [0, 0.1) is 0 Å². The number of carbonyl (C=O) groups excluding carboxylic acids is 2. The van der Waals surface area contributed by atoms with E-state index in [4.69, 9.17) is 4.74 Å². The zero-order valence-electron chi connectivity index (χ0n) is 7.42. The molecule has 0 aromatic carbocycles. The van der Waals surface area contributed by atoms with Gasteiger partial charge in [-0.1, -0.05) is 13.3 Å². The highest BCUT2D eigenvalue weighted by Gasteiger charge is 2.06. The van der Waals surface area contributed by atoms with E-state index in [0.29, 0.717) is 6.61 Å². The fourth-order valence-electron chi connectivity index (χ4n) is 0.557. The standard InChI is InChI=1S/C8H14NO3/c1-3-4-5-12-8(11)9-7(2)6-10/h7H,3-5H2,1-2H3,(H,9,11). The monoisotopic (exact) mass is 172 g/mol. The Morgan fingerprint density at radius 2 is 2.33 bits per heavy atom. The van der Waals surface area contributed by atoms with Gasteiger partial charge in [-0.25, -0.2) is 4.79 Å². The molecule has 1 amide bonds. The van der Waals surface area contributed by atoms with Gasteiger partial charge in [-0.05, 0) is 13.3 Å². The maximum atomic E-state index is 10.8. The van der Waals surface area contributed by atoms with E-state index < -0.39 is 12.1 Å². The summed E-state index contributed by atoms with van der Waals surface area (Å²) >= 11 is 0. The zero-order chi connectivity index (χ0) is 9.40. The molecule has 0 saturated carbocycles. The molecular formula is C8H14NO3. The van der Waals surface area contributed by atoms with E-state index in [1.54, 1.807) is 6.29 Å². The summed E-state index contributed by atoms with van der Waals surface area (Å²) in [5, 5.41) is 2.30. The lowest BCUT2D eigenvalue weighted by molar-refractivity contribution is 0.143. The molecule has 1 unspecified atom stereocenters. The topological polar surface area (TPSA) is 55.4 Å². The Kier molecular flexibility index (Phi) is 6.05. The molecule has 0 rings (SSSR count). The Morgan fingerprint density at radius 1 is 1.67 bits per heavy atom. The zero-order valence-corrected chi connectivity index (χ0v) is 7.42. The second kappa shape index (κ2) is 6.64. The molecule has 4 heteroatoms. The fraction of sp³-hybridized carbons (Fsp3) is 0.750. The van der Waals surface area contributed by atoms with Crippen LogP contribution in [-0.2, 0) is 9.53 Å². The SMILES string of the molecule is CCCCOC(=O)NC(C)[C]=O. The minimum atomic E-state index is -0.598. The van der Waals surface area contributed by atoms with Gasteiger partial charge in [0.15, 0.2) is 0 Å². The van der Waals surface area contributed by atoms with Gasteiger partial charge in [0.2, 0.25) is 6.29 Å². The van der Waals surface area contributed by atoms with Crippen molar-refractivity contribution < 1.29 is 14.3 Å². The van der Waals surface area contributed by atoms with Crippen LogP contribution in [-0.4, -0.2) is 25.0 Å². The van der Waals surface area contributed by atoms with Gasteiger partial charge in [0.25, 0.3) is 0 Å². The molecule has 0 heterocycles. The maximum absolute atomic E-state index is 10.8. The van der Waals surface area contributed by atoms with Crippen molar-refractivity contribution in [3.8, 4) is 0 Å². The van der Waals surface area contributed by atoms with Crippen molar-refractivity contribution in [3.05, 3.63) is 0 Å². The van der Waals surface area contributed by atoms with E-state index in [-0.39, 0.29) is 0 Å². The van der Waals surface area contributed by atoms with Crippen molar-refractivity contribution in [1.29, 1.82) is 0 Å². The average molecular weight is 172 g/mol. The molecule has 1 atom stereocenters. The van der Waals surface area contributed by atoms with Crippen molar-refractivity contribution >= 4 is 12.4 Å². The second-order valence-electron chi connectivity index (χ2n) is 2.47. The largest absolute Gasteiger partial charge is 0.450 e. The number of ether oxygens (including phenoxy) is 1. The van der Waals surface area contributed by atoms with Gasteiger partial charge in [0, 0.05) is 0 Å². The average Bonchev–Trinajstić information content (AvgIpc) is 2.05. The number of amides is 1. The molecule has 0 aromatic rings. The fourth-order valence-corrected chi connectivity index (χ4v) is 0.557. The number of nitrogens with one attached hydrogen (secondary N) is 1. The molecule has 12 heavy (non-hydrogen) atoms. The number of carbonyl (C=O) groups is 1. The Labute approximate surface area is 72.3 Å². The molecule has 0 fully saturated rings. The van der Waals surface area contributed by atoms with E-state index in [1.807, 2.05) is 6.92 Å². The Hall–Kier alpha value is -1.06. The summed E-state index contributed by atoms with van der Waals surface area (Å²) in [6, 6.07) is -0.598. The summed E-state index contributed by atoms with van der Waals surface area (Å²) in [6.45, 7) is 3.94. The van der Waals surface area contributed by atoms with Crippen LogP contribution in [0.3, 0.4) is 0 Å². The minimum Gasteiger partial charge on any atom is -0.450 e. The van der Waals surface area contributed by atoms with Gasteiger partial charge < -0.3 is 10.1 Å². The summed E-state index contributed by atoms with van der Waals surface area (Å²) in [4.78, 5) is 20.7. The summed E-state index contributed by atoms with van der Waals surface area (Å²) in [5.74, 6) is 0. The minimum absolute atomic E-state index is 0.397. The highest BCUT2D eigenvalue weighted by atomic mass is 16.5. The first-order valence-electron chi connectivity index (χ1n) is 4.01. The van der Waals surface area contributed by atoms with Crippen LogP contribution < -0.4 is 5.32 Å². The lowest BCUT2D eigenvalue weighted by Gasteiger charge is -2.06. The Bertz CT molecular complexity index is 147. The molecule has 1 radical (unpaired) electrons. The Morgan fingerprint density at radius 3 is 2.83 bits per heavy atom. The smallest absolute Gasteiger partial charge is 0.407 e. The summed E-state index contributed by atoms with van der Waals surface area (Å²) in [6.07, 6.45) is 2.88. The number of rotatable bonds is 5. The van der Waals surface area contributed by atoms with E-state index in [9.17, 15) is 9.59 Å². The van der Waals surface area contributed by atoms with Crippen LogP contribution in [0.4, 0.5) is 4.79 Å². The summed E-state index contributed by atoms with van der Waals surface area (Å²) < 4.78 is 4.73. The molecule has 0 saturated heterocycles. The quantitative estimate of drug-likeness (QED) is 0.630. The molecule has 0 bridgehead atoms. The Balaban J connectivity index is 3.39. The lowest BCUT2D eigenvalue weighted by atomic mass is 10.4. The predicted octanol–water partition coefficient (Wildman–Crippen LogP) is 1.01. The first-order valence-corrected chi connectivity index (χ1v) is 4.01. The highest BCUT2D eigenvalue weighted by Crippen LogP contribution is 1.88. The molecule has 0 aromatic heterocycles. The number of hydrogen-bond acceptors (Lipinski definition) is 3. The molecule has 0 spiro atoms. The van der Waals surface area contributed by atoms with Crippen LogP contribution in [0.2, 0.25) is 0 Å². The van der Waals surface area contributed by atoms with Crippen molar-refractivity contribution in [3.63, 3.8) is 0 Å². The first-order chi connectivity index (χ1) is 5.70. The van der Waals surface area contributed by atoms with Gasteiger partial charge >= 0.3 is 6.09 Å². The molecule has 0 aliphatic carbocycles. The van der Waals surface area contributed by atoms with Gasteiger partial charge in [0.1, 0.15) is 0 Å². The van der Waals surface area contributed by atoms with E-state index in [0.717, 1.165) is 12.8 Å². The second-order valence-corrected chi connectivity index (χ2v) is 2.47. The number of hydrogen-bond donors (Lipinski definition) is 1.